The van der Waals surface area contributed by atoms with Gasteiger partial charge in [0.05, 0.1) is 6.54 Å². The van der Waals surface area contributed by atoms with Gasteiger partial charge >= 0.3 is 0 Å². The molecular weight excluding hydrogens is 246 g/mol. The number of aliphatic hydroxyl groups excluding tert-OH is 1. The molecule has 0 spiro atoms. The van der Waals surface area contributed by atoms with Gasteiger partial charge in [0.1, 0.15) is 0 Å². The Balaban J connectivity index is 2.35. The van der Waals surface area contributed by atoms with E-state index >= 15 is 0 Å². The largest absolute Gasteiger partial charge is 0.396 e. The number of likely N-dealkylation sites (N-methyl/N-ethyl adjacent to an activating group) is 1. The Bertz CT molecular complexity index is 302. The summed E-state index contributed by atoms with van der Waals surface area (Å²) >= 11 is 0. The smallest absolute Gasteiger partial charge is 0.236 e. The van der Waals surface area contributed by atoms with Gasteiger partial charge in [-0.15, -0.1) is 0 Å². The van der Waals surface area contributed by atoms with Gasteiger partial charge in [-0.2, -0.15) is 0 Å². The zero-order chi connectivity index (χ0) is 14.3. The first kappa shape index (κ1) is 15.9. The fourth-order valence-electron chi connectivity index (χ4n) is 2.21. The normalized spacial score (nSPS) is 16.0. The number of rotatable bonds is 6. The summed E-state index contributed by atoms with van der Waals surface area (Å²) < 4.78 is 0. The number of piperazine rings is 1. The topological polar surface area (TPSA) is 64.1 Å². The molecule has 0 saturated carbocycles. The standard InChI is InChI=1S/C13H25N3O3/c1-3-14(5-4-10-17)11-13(19)16-8-6-15(7-9-16)12(2)18/h17H,3-11H2,1-2H3. The first-order valence-corrected chi connectivity index (χ1v) is 6.95. The number of hydrogen-bond donors (Lipinski definition) is 1. The van der Waals surface area contributed by atoms with Gasteiger partial charge in [-0.25, -0.2) is 0 Å². The van der Waals surface area contributed by atoms with E-state index in [4.69, 9.17) is 5.11 Å². The number of aliphatic hydroxyl groups is 1. The quantitative estimate of drug-likeness (QED) is 0.699. The van der Waals surface area contributed by atoms with Crippen LogP contribution in [-0.4, -0.2) is 84.0 Å². The molecule has 1 saturated heterocycles. The summed E-state index contributed by atoms with van der Waals surface area (Å²) in [6.07, 6.45) is 0.694. The average molecular weight is 271 g/mol. The lowest BCUT2D eigenvalue weighted by Gasteiger charge is -2.35. The highest BCUT2D eigenvalue weighted by atomic mass is 16.3. The Hall–Kier alpha value is -1.14. The molecule has 1 aliphatic rings. The number of carbonyl (C=O) groups is 2. The average Bonchev–Trinajstić information content (AvgIpc) is 2.43. The molecule has 0 aromatic heterocycles. The summed E-state index contributed by atoms with van der Waals surface area (Å²) in [4.78, 5) is 29.0. The lowest BCUT2D eigenvalue weighted by atomic mass is 10.3. The summed E-state index contributed by atoms with van der Waals surface area (Å²) in [5.41, 5.74) is 0. The minimum Gasteiger partial charge on any atom is -0.396 e. The fourth-order valence-corrected chi connectivity index (χ4v) is 2.21. The van der Waals surface area contributed by atoms with Crippen molar-refractivity contribution in [2.75, 3.05) is 52.4 Å². The molecule has 6 heteroatoms. The molecule has 0 atom stereocenters. The van der Waals surface area contributed by atoms with E-state index in [0.717, 1.165) is 13.1 Å². The van der Waals surface area contributed by atoms with Gasteiger partial charge in [-0.05, 0) is 13.0 Å². The number of amides is 2. The van der Waals surface area contributed by atoms with E-state index in [0.29, 0.717) is 39.1 Å². The Labute approximate surface area is 115 Å². The zero-order valence-electron chi connectivity index (χ0n) is 12.0. The Morgan fingerprint density at radius 3 is 2.21 bits per heavy atom. The van der Waals surface area contributed by atoms with Crippen molar-refractivity contribution in [3.8, 4) is 0 Å². The molecule has 0 aliphatic carbocycles. The molecule has 0 aromatic rings. The highest BCUT2D eigenvalue weighted by Crippen LogP contribution is 2.04. The van der Waals surface area contributed by atoms with Crippen LogP contribution in [0.4, 0.5) is 0 Å². The van der Waals surface area contributed by atoms with Crippen molar-refractivity contribution in [2.24, 2.45) is 0 Å². The van der Waals surface area contributed by atoms with Gasteiger partial charge in [0, 0.05) is 46.3 Å². The van der Waals surface area contributed by atoms with E-state index in [1.54, 1.807) is 11.8 Å². The van der Waals surface area contributed by atoms with E-state index in [-0.39, 0.29) is 18.4 Å². The van der Waals surface area contributed by atoms with Crippen LogP contribution in [0.2, 0.25) is 0 Å². The minimum absolute atomic E-state index is 0.0743. The van der Waals surface area contributed by atoms with Gasteiger partial charge in [0.25, 0.3) is 0 Å². The van der Waals surface area contributed by atoms with Crippen LogP contribution in [0.1, 0.15) is 20.3 Å². The molecular formula is C13H25N3O3. The summed E-state index contributed by atoms with van der Waals surface area (Å²) in [7, 11) is 0. The Morgan fingerprint density at radius 1 is 1.16 bits per heavy atom. The lowest BCUT2D eigenvalue weighted by Crippen LogP contribution is -2.52. The van der Waals surface area contributed by atoms with Crippen molar-refractivity contribution >= 4 is 11.8 Å². The predicted octanol–water partition coefficient (Wildman–Crippen LogP) is -0.619. The van der Waals surface area contributed by atoms with Crippen LogP contribution in [0.25, 0.3) is 0 Å². The maximum atomic E-state index is 12.1. The first-order valence-electron chi connectivity index (χ1n) is 6.95. The molecule has 0 aromatic carbocycles. The van der Waals surface area contributed by atoms with Gasteiger partial charge in [0.15, 0.2) is 0 Å². The maximum Gasteiger partial charge on any atom is 0.236 e. The van der Waals surface area contributed by atoms with Gasteiger partial charge in [-0.1, -0.05) is 6.92 Å². The molecule has 0 radical (unpaired) electrons. The molecule has 110 valence electrons. The third kappa shape index (κ3) is 5.16. The zero-order valence-corrected chi connectivity index (χ0v) is 12.0. The van der Waals surface area contributed by atoms with Crippen LogP contribution in [0, 0.1) is 0 Å². The van der Waals surface area contributed by atoms with E-state index in [2.05, 4.69) is 0 Å². The number of hydrogen-bond acceptors (Lipinski definition) is 4. The van der Waals surface area contributed by atoms with E-state index in [9.17, 15) is 9.59 Å². The highest BCUT2D eigenvalue weighted by molar-refractivity contribution is 5.79. The van der Waals surface area contributed by atoms with Crippen LogP contribution in [-0.2, 0) is 9.59 Å². The van der Waals surface area contributed by atoms with E-state index < -0.39 is 0 Å². The van der Waals surface area contributed by atoms with Crippen molar-refractivity contribution in [1.29, 1.82) is 0 Å². The molecule has 1 N–H and O–H groups in total. The van der Waals surface area contributed by atoms with Crippen LogP contribution >= 0.6 is 0 Å². The van der Waals surface area contributed by atoms with Crippen molar-refractivity contribution < 1.29 is 14.7 Å². The third-order valence-electron chi connectivity index (χ3n) is 3.52. The Morgan fingerprint density at radius 2 is 1.74 bits per heavy atom. The summed E-state index contributed by atoms with van der Waals surface area (Å²) in [6, 6.07) is 0. The van der Waals surface area contributed by atoms with Crippen LogP contribution < -0.4 is 0 Å². The number of carbonyl (C=O) groups excluding carboxylic acids is 2. The molecule has 1 fully saturated rings. The Kier molecular flexibility index (Phi) is 6.80. The second-order valence-corrected chi connectivity index (χ2v) is 4.83. The van der Waals surface area contributed by atoms with Crippen LogP contribution in [0.15, 0.2) is 0 Å². The van der Waals surface area contributed by atoms with Gasteiger partial charge in [-0.3, -0.25) is 14.5 Å². The van der Waals surface area contributed by atoms with Crippen LogP contribution in [0.3, 0.4) is 0 Å². The summed E-state index contributed by atoms with van der Waals surface area (Å²) in [5.74, 6) is 0.188. The third-order valence-corrected chi connectivity index (χ3v) is 3.52. The molecule has 6 nitrogen and oxygen atoms in total. The maximum absolute atomic E-state index is 12.1. The predicted molar refractivity (Wildman–Crippen MR) is 72.7 cm³/mol. The van der Waals surface area contributed by atoms with Crippen molar-refractivity contribution in [2.45, 2.75) is 20.3 Å². The van der Waals surface area contributed by atoms with E-state index in [1.165, 1.54) is 0 Å². The molecule has 19 heavy (non-hydrogen) atoms. The second-order valence-electron chi connectivity index (χ2n) is 4.83. The molecule has 1 aliphatic heterocycles. The second kappa shape index (κ2) is 8.12. The number of nitrogens with zero attached hydrogens (tertiary/aromatic N) is 3. The van der Waals surface area contributed by atoms with Gasteiger partial charge < -0.3 is 14.9 Å². The van der Waals surface area contributed by atoms with Crippen LogP contribution in [0.5, 0.6) is 0 Å². The summed E-state index contributed by atoms with van der Waals surface area (Å²) in [6.45, 7) is 8.17. The monoisotopic (exact) mass is 271 g/mol. The highest BCUT2D eigenvalue weighted by Gasteiger charge is 2.23. The molecule has 1 heterocycles. The summed E-state index contributed by atoms with van der Waals surface area (Å²) in [5, 5.41) is 8.82. The minimum atomic E-state index is 0.0743. The van der Waals surface area contributed by atoms with Gasteiger partial charge in [0.2, 0.25) is 11.8 Å². The van der Waals surface area contributed by atoms with Crippen molar-refractivity contribution in [3.05, 3.63) is 0 Å². The lowest BCUT2D eigenvalue weighted by molar-refractivity contribution is -0.139. The molecule has 1 rings (SSSR count). The molecule has 0 unspecified atom stereocenters. The molecule has 2 amide bonds. The van der Waals surface area contributed by atoms with Crippen molar-refractivity contribution in [3.63, 3.8) is 0 Å². The fraction of sp³-hybridized carbons (Fsp3) is 0.846. The van der Waals surface area contributed by atoms with Crippen molar-refractivity contribution in [1.82, 2.24) is 14.7 Å². The SMILES string of the molecule is CCN(CCCO)CC(=O)N1CCN(C(C)=O)CC1. The molecule has 0 bridgehead atoms. The van der Waals surface area contributed by atoms with E-state index in [1.807, 2.05) is 16.7 Å². The first-order chi connectivity index (χ1) is 9.08.